The minimum atomic E-state index is -1.11. The topological polar surface area (TPSA) is 86.7 Å². The van der Waals surface area contributed by atoms with Gasteiger partial charge in [-0.2, -0.15) is 0 Å². The summed E-state index contributed by atoms with van der Waals surface area (Å²) in [6, 6.07) is 4.29. The van der Waals surface area contributed by atoms with Gasteiger partial charge in [-0.25, -0.2) is 4.79 Å². The Morgan fingerprint density at radius 1 is 1.29 bits per heavy atom. The summed E-state index contributed by atoms with van der Waals surface area (Å²) >= 11 is 3.20. The van der Waals surface area contributed by atoms with Gasteiger partial charge in [-0.05, 0) is 32.0 Å². The molecule has 0 aromatic heterocycles. The Morgan fingerprint density at radius 3 is 2.52 bits per heavy atom. The third-order valence-electron chi connectivity index (χ3n) is 3.49. The van der Waals surface area contributed by atoms with Crippen LogP contribution < -0.4 is 5.32 Å². The van der Waals surface area contributed by atoms with E-state index >= 15 is 0 Å². The number of carboxylic acids is 1. The number of benzene rings is 1. The van der Waals surface area contributed by atoms with Crippen LogP contribution in [0.4, 0.5) is 0 Å². The zero-order valence-corrected chi connectivity index (χ0v) is 13.2. The van der Waals surface area contributed by atoms with E-state index in [1.54, 1.807) is 19.9 Å². The van der Waals surface area contributed by atoms with Crippen LogP contribution >= 0.6 is 15.9 Å². The van der Waals surface area contributed by atoms with E-state index in [2.05, 4.69) is 21.2 Å². The highest BCUT2D eigenvalue weighted by Gasteiger charge is 2.40. The van der Waals surface area contributed by atoms with E-state index in [9.17, 15) is 14.4 Å². The zero-order valence-electron chi connectivity index (χ0n) is 11.6. The molecule has 2 N–H and O–H groups in total. The Balaban J connectivity index is 2.40. The second-order valence-electron chi connectivity index (χ2n) is 5.31. The SMILES string of the molecule is CC1(C)C(=O)NCCN1C(=O)c1cc(Br)cc(C(=O)O)c1. The van der Waals surface area contributed by atoms with E-state index in [-0.39, 0.29) is 22.9 Å². The fourth-order valence-electron chi connectivity index (χ4n) is 2.25. The molecule has 112 valence electrons. The van der Waals surface area contributed by atoms with Crippen LogP contribution in [0.25, 0.3) is 0 Å². The molecule has 1 aliphatic heterocycles. The predicted octanol–water partition coefficient (Wildman–Crippen LogP) is 1.50. The van der Waals surface area contributed by atoms with Crippen molar-refractivity contribution in [3.05, 3.63) is 33.8 Å². The second-order valence-corrected chi connectivity index (χ2v) is 6.22. The molecule has 1 aliphatic rings. The van der Waals surface area contributed by atoms with Crippen LogP contribution in [0, 0.1) is 0 Å². The van der Waals surface area contributed by atoms with Crippen LogP contribution in [0.1, 0.15) is 34.6 Å². The fourth-order valence-corrected chi connectivity index (χ4v) is 2.74. The van der Waals surface area contributed by atoms with Gasteiger partial charge in [0.2, 0.25) is 5.91 Å². The Kier molecular flexibility index (Phi) is 4.04. The first-order valence-corrected chi connectivity index (χ1v) is 7.17. The number of halogens is 1. The van der Waals surface area contributed by atoms with Gasteiger partial charge in [-0.15, -0.1) is 0 Å². The largest absolute Gasteiger partial charge is 0.478 e. The number of rotatable bonds is 2. The molecule has 0 unspecified atom stereocenters. The standard InChI is InChI=1S/C14H15BrN2O4/c1-14(2)13(21)16-3-4-17(14)11(18)8-5-9(12(19)20)7-10(15)6-8/h5-7H,3-4H2,1-2H3,(H,16,21)(H,19,20). The van der Waals surface area contributed by atoms with Gasteiger partial charge in [0.05, 0.1) is 5.56 Å². The van der Waals surface area contributed by atoms with Crippen molar-refractivity contribution in [1.29, 1.82) is 0 Å². The number of hydrogen-bond acceptors (Lipinski definition) is 3. The molecule has 0 spiro atoms. The number of carboxylic acid groups (broad SMARTS) is 1. The minimum absolute atomic E-state index is 0.0204. The fraction of sp³-hybridized carbons (Fsp3) is 0.357. The number of hydrogen-bond donors (Lipinski definition) is 2. The summed E-state index contributed by atoms with van der Waals surface area (Å²) in [5.74, 6) is -1.70. The predicted molar refractivity (Wildman–Crippen MR) is 79.2 cm³/mol. The van der Waals surface area contributed by atoms with E-state index in [4.69, 9.17) is 5.11 Å². The third-order valence-corrected chi connectivity index (χ3v) is 3.95. The lowest BCUT2D eigenvalue weighted by molar-refractivity contribution is -0.133. The lowest BCUT2D eigenvalue weighted by atomic mass is 9.97. The highest BCUT2D eigenvalue weighted by Crippen LogP contribution is 2.23. The number of carbonyl (C=O) groups excluding carboxylic acids is 2. The van der Waals surface area contributed by atoms with Crippen molar-refractivity contribution in [3.63, 3.8) is 0 Å². The van der Waals surface area contributed by atoms with Crippen molar-refractivity contribution < 1.29 is 19.5 Å². The van der Waals surface area contributed by atoms with Gasteiger partial charge in [-0.3, -0.25) is 9.59 Å². The maximum Gasteiger partial charge on any atom is 0.335 e. The van der Waals surface area contributed by atoms with Crippen LogP contribution in [0.15, 0.2) is 22.7 Å². The second kappa shape index (κ2) is 5.48. The summed E-state index contributed by atoms with van der Waals surface area (Å²) in [5.41, 5.74) is -0.711. The first kappa shape index (κ1) is 15.5. The van der Waals surface area contributed by atoms with Crippen molar-refractivity contribution in [2.75, 3.05) is 13.1 Å². The molecule has 1 saturated heterocycles. The minimum Gasteiger partial charge on any atom is -0.478 e. The molecule has 2 rings (SSSR count). The quantitative estimate of drug-likeness (QED) is 0.842. The van der Waals surface area contributed by atoms with Gasteiger partial charge in [0.15, 0.2) is 0 Å². The zero-order chi connectivity index (χ0) is 15.8. The summed E-state index contributed by atoms with van der Waals surface area (Å²) in [7, 11) is 0. The molecule has 0 aliphatic carbocycles. The lowest BCUT2D eigenvalue weighted by Crippen LogP contribution is -2.63. The van der Waals surface area contributed by atoms with Gasteiger partial charge in [0.1, 0.15) is 5.54 Å². The summed E-state index contributed by atoms with van der Waals surface area (Å²) in [4.78, 5) is 37.0. The molecular weight excluding hydrogens is 340 g/mol. The average molecular weight is 355 g/mol. The maximum absolute atomic E-state index is 12.6. The molecule has 7 heteroatoms. The lowest BCUT2D eigenvalue weighted by Gasteiger charge is -2.41. The molecule has 1 heterocycles. The number of piperazine rings is 1. The molecule has 6 nitrogen and oxygen atoms in total. The molecule has 1 aromatic rings. The van der Waals surface area contributed by atoms with E-state index in [1.807, 2.05) is 0 Å². The Morgan fingerprint density at radius 2 is 1.90 bits per heavy atom. The number of amides is 2. The van der Waals surface area contributed by atoms with Crippen LogP contribution in [-0.2, 0) is 4.79 Å². The van der Waals surface area contributed by atoms with Crippen molar-refractivity contribution in [2.45, 2.75) is 19.4 Å². The number of carbonyl (C=O) groups is 3. The summed E-state index contributed by atoms with van der Waals surface area (Å²) in [5, 5.41) is 11.8. The van der Waals surface area contributed by atoms with E-state index in [1.165, 1.54) is 17.0 Å². The maximum atomic E-state index is 12.6. The first-order valence-electron chi connectivity index (χ1n) is 6.37. The normalized spacial score (nSPS) is 17.3. The van der Waals surface area contributed by atoms with E-state index in [0.717, 1.165) is 0 Å². The monoisotopic (exact) mass is 354 g/mol. The molecule has 1 aromatic carbocycles. The van der Waals surface area contributed by atoms with Crippen molar-refractivity contribution in [2.24, 2.45) is 0 Å². The number of aromatic carboxylic acids is 1. The highest BCUT2D eigenvalue weighted by atomic mass is 79.9. The molecule has 2 amide bonds. The van der Waals surface area contributed by atoms with Crippen molar-refractivity contribution in [1.82, 2.24) is 10.2 Å². The van der Waals surface area contributed by atoms with Gasteiger partial charge in [-0.1, -0.05) is 15.9 Å². The Labute approximate surface area is 130 Å². The van der Waals surface area contributed by atoms with E-state index in [0.29, 0.717) is 17.6 Å². The molecule has 21 heavy (non-hydrogen) atoms. The summed E-state index contributed by atoms with van der Waals surface area (Å²) in [6.45, 7) is 4.09. The highest BCUT2D eigenvalue weighted by molar-refractivity contribution is 9.10. The van der Waals surface area contributed by atoms with Gasteiger partial charge in [0.25, 0.3) is 5.91 Å². The van der Waals surface area contributed by atoms with Crippen LogP contribution in [0.5, 0.6) is 0 Å². The molecular formula is C14H15BrN2O4. The van der Waals surface area contributed by atoms with Crippen molar-refractivity contribution >= 4 is 33.7 Å². The van der Waals surface area contributed by atoms with Crippen LogP contribution in [0.2, 0.25) is 0 Å². The average Bonchev–Trinajstić information content (AvgIpc) is 2.40. The molecule has 0 atom stereocenters. The van der Waals surface area contributed by atoms with Gasteiger partial charge >= 0.3 is 5.97 Å². The third kappa shape index (κ3) is 2.92. The van der Waals surface area contributed by atoms with Gasteiger partial charge < -0.3 is 15.3 Å². The Hall–Kier alpha value is -1.89. The van der Waals surface area contributed by atoms with Gasteiger partial charge in [0, 0.05) is 23.1 Å². The van der Waals surface area contributed by atoms with Crippen LogP contribution in [0.3, 0.4) is 0 Å². The van der Waals surface area contributed by atoms with Crippen molar-refractivity contribution in [3.8, 4) is 0 Å². The first-order chi connectivity index (χ1) is 9.73. The molecule has 0 bridgehead atoms. The Bertz CT molecular complexity index is 627. The smallest absolute Gasteiger partial charge is 0.335 e. The van der Waals surface area contributed by atoms with E-state index < -0.39 is 11.5 Å². The molecule has 0 saturated carbocycles. The number of nitrogens with zero attached hydrogens (tertiary/aromatic N) is 1. The number of nitrogens with one attached hydrogen (secondary N) is 1. The summed E-state index contributed by atoms with van der Waals surface area (Å²) < 4.78 is 0.505. The summed E-state index contributed by atoms with van der Waals surface area (Å²) in [6.07, 6.45) is 0. The van der Waals surface area contributed by atoms with Crippen LogP contribution in [-0.4, -0.2) is 46.4 Å². The molecule has 0 radical (unpaired) electrons. The molecule has 1 fully saturated rings.